The molecule has 0 spiro atoms. The molecule has 1 saturated heterocycles. The molecular formula is C13H26ClN3O2. The SMILES string of the molecule is CC(NC(=O)C(C)(C)C)C(=O)N(C)C1CCNC1.Cl. The number of carbonyl (C=O) groups is 2. The summed E-state index contributed by atoms with van der Waals surface area (Å²) in [7, 11) is 1.81. The van der Waals surface area contributed by atoms with Crippen LogP contribution in [-0.4, -0.2) is 48.9 Å². The molecule has 1 heterocycles. The number of likely N-dealkylation sites (N-methyl/N-ethyl adjacent to an activating group) is 1. The van der Waals surface area contributed by atoms with Crippen molar-refractivity contribution in [3.05, 3.63) is 0 Å². The van der Waals surface area contributed by atoms with Gasteiger partial charge in [0.2, 0.25) is 11.8 Å². The van der Waals surface area contributed by atoms with Gasteiger partial charge in [0.05, 0.1) is 0 Å². The minimum absolute atomic E-state index is 0. The second-order valence-electron chi connectivity index (χ2n) is 6.04. The van der Waals surface area contributed by atoms with Gasteiger partial charge in [-0.2, -0.15) is 0 Å². The second-order valence-corrected chi connectivity index (χ2v) is 6.04. The summed E-state index contributed by atoms with van der Waals surface area (Å²) >= 11 is 0. The Morgan fingerprint density at radius 3 is 2.37 bits per heavy atom. The van der Waals surface area contributed by atoms with Crippen LogP contribution in [0.3, 0.4) is 0 Å². The molecular weight excluding hydrogens is 266 g/mol. The summed E-state index contributed by atoms with van der Waals surface area (Å²) < 4.78 is 0. The average Bonchev–Trinajstić information content (AvgIpc) is 2.78. The fourth-order valence-corrected chi connectivity index (χ4v) is 1.93. The molecule has 1 rings (SSSR count). The van der Waals surface area contributed by atoms with E-state index in [0.717, 1.165) is 19.5 Å². The molecule has 0 saturated carbocycles. The maximum atomic E-state index is 12.2. The Morgan fingerprint density at radius 2 is 1.95 bits per heavy atom. The van der Waals surface area contributed by atoms with Crippen molar-refractivity contribution in [1.82, 2.24) is 15.5 Å². The summed E-state index contributed by atoms with van der Waals surface area (Å²) in [4.78, 5) is 25.7. The van der Waals surface area contributed by atoms with Gasteiger partial charge >= 0.3 is 0 Å². The van der Waals surface area contributed by atoms with Crippen molar-refractivity contribution in [2.45, 2.75) is 46.2 Å². The number of nitrogens with one attached hydrogen (secondary N) is 2. The van der Waals surface area contributed by atoms with Crippen LogP contribution in [0.25, 0.3) is 0 Å². The van der Waals surface area contributed by atoms with Crippen molar-refractivity contribution in [2.24, 2.45) is 5.41 Å². The highest BCUT2D eigenvalue weighted by atomic mass is 35.5. The van der Waals surface area contributed by atoms with E-state index in [1.807, 2.05) is 20.8 Å². The van der Waals surface area contributed by atoms with Crippen molar-refractivity contribution < 1.29 is 9.59 Å². The predicted molar refractivity (Wildman–Crippen MR) is 78.4 cm³/mol. The molecule has 2 N–H and O–H groups in total. The molecule has 0 radical (unpaired) electrons. The number of carbonyl (C=O) groups excluding carboxylic acids is 2. The summed E-state index contributed by atoms with van der Waals surface area (Å²) in [5.41, 5.74) is -0.470. The Morgan fingerprint density at radius 1 is 1.37 bits per heavy atom. The van der Waals surface area contributed by atoms with Gasteiger partial charge in [-0.05, 0) is 19.9 Å². The molecule has 6 heteroatoms. The summed E-state index contributed by atoms with van der Waals surface area (Å²) in [5, 5.41) is 6.00. The van der Waals surface area contributed by atoms with Crippen molar-refractivity contribution in [3.63, 3.8) is 0 Å². The van der Waals surface area contributed by atoms with Crippen LogP contribution in [0.1, 0.15) is 34.1 Å². The number of hydrogen-bond donors (Lipinski definition) is 2. The van der Waals surface area contributed by atoms with Crippen LogP contribution >= 0.6 is 12.4 Å². The van der Waals surface area contributed by atoms with Gasteiger partial charge in [-0.3, -0.25) is 9.59 Å². The third-order valence-corrected chi connectivity index (χ3v) is 3.33. The highest BCUT2D eigenvalue weighted by Crippen LogP contribution is 2.14. The molecule has 0 aromatic heterocycles. The average molecular weight is 292 g/mol. The molecule has 2 amide bonds. The van der Waals surface area contributed by atoms with Gasteiger partial charge in [-0.25, -0.2) is 0 Å². The van der Waals surface area contributed by atoms with Gasteiger partial charge in [-0.15, -0.1) is 12.4 Å². The van der Waals surface area contributed by atoms with Gasteiger partial charge in [0.25, 0.3) is 0 Å². The van der Waals surface area contributed by atoms with E-state index in [1.165, 1.54) is 0 Å². The highest BCUT2D eigenvalue weighted by Gasteiger charge is 2.29. The molecule has 0 aromatic carbocycles. The van der Waals surface area contributed by atoms with Crippen LogP contribution in [0.4, 0.5) is 0 Å². The van der Waals surface area contributed by atoms with Crippen LogP contribution in [0.15, 0.2) is 0 Å². The van der Waals surface area contributed by atoms with Gasteiger partial charge in [0.1, 0.15) is 6.04 Å². The monoisotopic (exact) mass is 291 g/mol. The van der Waals surface area contributed by atoms with Gasteiger partial charge in [0.15, 0.2) is 0 Å². The lowest BCUT2D eigenvalue weighted by Crippen LogP contribution is -2.51. The second kappa shape index (κ2) is 7.10. The number of halogens is 1. The first-order chi connectivity index (χ1) is 8.23. The van der Waals surface area contributed by atoms with Gasteiger partial charge < -0.3 is 15.5 Å². The van der Waals surface area contributed by atoms with E-state index >= 15 is 0 Å². The van der Waals surface area contributed by atoms with E-state index in [9.17, 15) is 9.59 Å². The Hall–Kier alpha value is -0.810. The Kier molecular flexibility index (Phi) is 6.80. The summed E-state index contributed by atoms with van der Waals surface area (Å²) in [5.74, 6) is -0.123. The van der Waals surface area contributed by atoms with E-state index in [4.69, 9.17) is 0 Å². The molecule has 5 nitrogen and oxygen atoms in total. The first-order valence-electron chi connectivity index (χ1n) is 6.52. The van der Waals surface area contributed by atoms with Gasteiger partial charge in [-0.1, -0.05) is 20.8 Å². The number of nitrogens with zero attached hydrogens (tertiary/aromatic N) is 1. The third-order valence-electron chi connectivity index (χ3n) is 3.33. The molecule has 19 heavy (non-hydrogen) atoms. The smallest absolute Gasteiger partial charge is 0.244 e. The zero-order chi connectivity index (χ0) is 13.9. The standard InChI is InChI=1S/C13H25N3O2.ClH/c1-9(15-12(18)13(2,3)4)11(17)16(5)10-6-7-14-8-10;/h9-10,14H,6-8H2,1-5H3,(H,15,18);1H. The van der Waals surface area contributed by atoms with E-state index < -0.39 is 11.5 Å². The van der Waals surface area contributed by atoms with Crippen LogP contribution in [-0.2, 0) is 9.59 Å². The van der Waals surface area contributed by atoms with Crippen LogP contribution in [0.2, 0.25) is 0 Å². The molecule has 2 atom stereocenters. The lowest BCUT2D eigenvalue weighted by Gasteiger charge is -2.28. The lowest BCUT2D eigenvalue weighted by atomic mass is 9.95. The zero-order valence-corrected chi connectivity index (χ0v) is 13.3. The number of amides is 2. The molecule has 112 valence electrons. The van der Waals surface area contributed by atoms with Crippen molar-refractivity contribution in [3.8, 4) is 0 Å². The maximum Gasteiger partial charge on any atom is 0.244 e. The minimum atomic E-state index is -0.470. The van der Waals surface area contributed by atoms with Crippen molar-refractivity contribution in [1.29, 1.82) is 0 Å². The summed E-state index contributed by atoms with van der Waals surface area (Å²) in [6.45, 7) is 9.04. The Balaban J connectivity index is 0.00000324. The predicted octanol–water partition coefficient (Wildman–Crippen LogP) is 0.779. The normalized spacial score (nSPS) is 20.4. The first-order valence-corrected chi connectivity index (χ1v) is 6.52. The van der Waals surface area contributed by atoms with E-state index in [2.05, 4.69) is 10.6 Å². The van der Waals surface area contributed by atoms with Gasteiger partial charge in [0, 0.05) is 25.0 Å². The number of hydrogen-bond acceptors (Lipinski definition) is 3. The fourth-order valence-electron chi connectivity index (χ4n) is 1.93. The summed E-state index contributed by atoms with van der Waals surface area (Å²) in [6, 6.07) is -0.228. The topological polar surface area (TPSA) is 61.4 Å². The largest absolute Gasteiger partial charge is 0.344 e. The fraction of sp³-hybridized carbons (Fsp3) is 0.846. The van der Waals surface area contributed by atoms with E-state index in [1.54, 1.807) is 18.9 Å². The number of rotatable bonds is 3. The summed E-state index contributed by atoms with van der Waals surface area (Å²) in [6.07, 6.45) is 0.974. The van der Waals surface area contributed by atoms with Crippen LogP contribution in [0, 0.1) is 5.41 Å². The minimum Gasteiger partial charge on any atom is -0.344 e. The Labute approximate surface area is 121 Å². The first kappa shape index (κ1) is 18.2. The molecule has 0 aromatic rings. The molecule has 1 aliphatic heterocycles. The maximum absolute atomic E-state index is 12.2. The molecule has 2 unspecified atom stereocenters. The van der Waals surface area contributed by atoms with Crippen LogP contribution < -0.4 is 10.6 Å². The molecule has 1 fully saturated rings. The van der Waals surface area contributed by atoms with Crippen molar-refractivity contribution >= 4 is 24.2 Å². The third kappa shape index (κ3) is 4.99. The molecule has 0 aliphatic carbocycles. The van der Waals surface area contributed by atoms with Crippen molar-refractivity contribution in [2.75, 3.05) is 20.1 Å². The van der Waals surface area contributed by atoms with E-state index in [-0.39, 0.29) is 30.3 Å². The quantitative estimate of drug-likeness (QED) is 0.808. The Bertz CT molecular complexity index is 322. The molecule has 0 bridgehead atoms. The zero-order valence-electron chi connectivity index (χ0n) is 12.4. The molecule has 1 aliphatic rings. The van der Waals surface area contributed by atoms with E-state index in [0.29, 0.717) is 0 Å². The highest BCUT2D eigenvalue weighted by molar-refractivity contribution is 5.89. The van der Waals surface area contributed by atoms with Crippen LogP contribution in [0.5, 0.6) is 0 Å². The lowest BCUT2D eigenvalue weighted by molar-refractivity contribution is -0.138.